The summed E-state index contributed by atoms with van der Waals surface area (Å²) in [4.78, 5) is 0. The van der Waals surface area contributed by atoms with Gasteiger partial charge in [-0.3, -0.25) is 0 Å². The average molecular weight is 631 g/mol. The van der Waals surface area contributed by atoms with E-state index < -0.39 is 0 Å². The first-order valence-electron chi connectivity index (χ1n) is 15.6. The second-order valence-corrected chi connectivity index (χ2v) is 13.2. The number of fused-ring (bicyclic) bond motifs is 4. The molecule has 0 aliphatic rings. The molecule has 0 amide bonds. The highest BCUT2D eigenvalue weighted by molar-refractivity contribution is 7.32. The Kier molecular flexibility index (Phi) is 8.08. The molecule has 0 heterocycles. The lowest BCUT2D eigenvalue weighted by atomic mass is 9.91. The number of rotatable bonds is 9. The fourth-order valence-electron chi connectivity index (χ4n) is 6.32. The fourth-order valence-corrected chi connectivity index (χ4v) is 8.03. The van der Waals surface area contributed by atoms with Crippen molar-refractivity contribution in [2.24, 2.45) is 0 Å². The Morgan fingerprint density at radius 2 is 0.696 bits per heavy atom. The van der Waals surface area contributed by atoms with Crippen LogP contribution < -0.4 is 9.05 Å². The lowest BCUT2D eigenvalue weighted by Gasteiger charge is -2.18. The summed E-state index contributed by atoms with van der Waals surface area (Å²) in [6.07, 6.45) is 1.65. The molecular formula is C42H32O2P2. The van der Waals surface area contributed by atoms with E-state index in [9.17, 15) is 0 Å². The van der Waals surface area contributed by atoms with Crippen LogP contribution in [0.25, 0.3) is 54.2 Å². The van der Waals surface area contributed by atoms with Gasteiger partial charge in [0.2, 0.25) is 0 Å². The van der Waals surface area contributed by atoms with Gasteiger partial charge in [-0.15, -0.1) is 0 Å². The zero-order valence-electron chi connectivity index (χ0n) is 25.2. The summed E-state index contributed by atoms with van der Waals surface area (Å²) in [5.74, 6) is 1.88. The Bertz CT molecular complexity index is 2170. The highest BCUT2D eigenvalue weighted by Gasteiger charge is 2.15. The van der Waals surface area contributed by atoms with Gasteiger partial charge < -0.3 is 9.05 Å². The minimum absolute atomic E-state index is 0.290. The van der Waals surface area contributed by atoms with Crippen molar-refractivity contribution in [3.8, 4) is 22.6 Å². The van der Waals surface area contributed by atoms with Crippen LogP contribution in [0.1, 0.15) is 11.1 Å². The van der Waals surface area contributed by atoms with Crippen LogP contribution in [0.3, 0.4) is 0 Å². The third-order valence-electron chi connectivity index (χ3n) is 8.62. The van der Waals surface area contributed by atoms with Gasteiger partial charge in [0.15, 0.2) is 0 Å². The second kappa shape index (κ2) is 12.9. The average Bonchev–Trinajstić information content (AvgIpc) is 3.11. The smallest absolute Gasteiger partial charge is 0.130 e. The summed E-state index contributed by atoms with van der Waals surface area (Å²) >= 11 is 0. The van der Waals surface area contributed by atoms with Gasteiger partial charge in [-0.1, -0.05) is 133 Å². The Hall–Kier alpha value is -4.74. The van der Waals surface area contributed by atoms with Gasteiger partial charge in [-0.25, -0.2) is 0 Å². The van der Waals surface area contributed by atoms with Crippen molar-refractivity contribution in [2.45, 2.75) is 12.3 Å². The summed E-state index contributed by atoms with van der Waals surface area (Å²) in [5, 5.41) is 9.69. The van der Waals surface area contributed by atoms with E-state index in [-0.39, 0.29) is 0 Å². The van der Waals surface area contributed by atoms with E-state index in [1.807, 2.05) is 0 Å². The van der Waals surface area contributed by atoms with E-state index >= 15 is 0 Å². The highest BCUT2D eigenvalue weighted by atomic mass is 31.1. The minimum atomic E-state index is 0.290. The van der Waals surface area contributed by atoms with Crippen LogP contribution in [-0.4, -0.2) is 0 Å². The molecule has 2 atom stereocenters. The van der Waals surface area contributed by atoms with E-state index in [4.69, 9.17) is 9.05 Å². The maximum absolute atomic E-state index is 6.48. The van der Waals surface area contributed by atoms with Crippen LogP contribution >= 0.6 is 17.6 Å². The summed E-state index contributed by atoms with van der Waals surface area (Å²) < 4.78 is 13.0. The Morgan fingerprint density at radius 3 is 1.13 bits per heavy atom. The molecule has 2 unspecified atom stereocenters. The normalized spacial score (nSPS) is 11.9. The first kappa shape index (κ1) is 28.7. The van der Waals surface area contributed by atoms with Gasteiger partial charge >= 0.3 is 0 Å². The number of benzene rings is 8. The van der Waals surface area contributed by atoms with Crippen molar-refractivity contribution in [3.63, 3.8) is 0 Å². The van der Waals surface area contributed by atoms with E-state index in [1.165, 1.54) is 54.6 Å². The second-order valence-electron chi connectivity index (χ2n) is 11.5. The molecule has 0 fully saturated rings. The van der Waals surface area contributed by atoms with E-state index in [1.54, 1.807) is 0 Å². The largest absolute Gasteiger partial charge is 0.476 e. The Morgan fingerprint density at radius 1 is 0.348 bits per heavy atom. The molecule has 0 N–H and O–H groups in total. The molecule has 0 bridgehead atoms. The summed E-state index contributed by atoms with van der Waals surface area (Å²) in [6, 6.07) is 56.2. The van der Waals surface area contributed by atoms with Crippen LogP contribution in [-0.2, 0) is 12.3 Å². The van der Waals surface area contributed by atoms with Gasteiger partial charge in [-0.2, -0.15) is 0 Å². The Labute approximate surface area is 272 Å². The monoisotopic (exact) mass is 630 g/mol. The van der Waals surface area contributed by atoms with Crippen LogP contribution in [0, 0.1) is 0 Å². The maximum atomic E-state index is 6.48. The predicted octanol–water partition coefficient (Wildman–Crippen LogP) is 12.3. The van der Waals surface area contributed by atoms with E-state index in [0.717, 1.165) is 34.6 Å². The standard InChI is InChI=1S/C42H32O2P2/c1-3-15-33-25-39(35(23-31(33)13-1)27-45-43-41-21-9-17-29-11-5-7-19-37(29)41)40-26-34-16-4-2-14-32(34)24-36(40)28-46-44-42-22-10-18-30-12-6-8-20-38(30)42/h1-26,45-46H,27-28H2. The lowest BCUT2D eigenvalue weighted by molar-refractivity contribution is 0.637. The van der Waals surface area contributed by atoms with E-state index in [0.29, 0.717) is 17.6 Å². The highest BCUT2D eigenvalue weighted by Crippen LogP contribution is 2.40. The summed E-state index contributed by atoms with van der Waals surface area (Å²) in [5.41, 5.74) is 5.13. The molecule has 0 spiro atoms. The maximum Gasteiger partial charge on any atom is 0.130 e. The molecule has 0 aliphatic heterocycles. The van der Waals surface area contributed by atoms with Crippen molar-refractivity contribution >= 4 is 60.7 Å². The molecule has 8 rings (SSSR count). The fraction of sp³-hybridized carbons (Fsp3) is 0.0476. The zero-order chi connectivity index (χ0) is 30.7. The van der Waals surface area contributed by atoms with Gasteiger partial charge in [0.25, 0.3) is 0 Å². The molecule has 0 aliphatic carbocycles. The third kappa shape index (κ3) is 5.83. The third-order valence-corrected chi connectivity index (χ3v) is 10.4. The van der Waals surface area contributed by atoms with E-state index in [2.05, 4.69) is 158 Å². The molecule has 0 aromatic heterocycles. The SMILES string of the molecule is c1ccc2cc(-c3cc4ccccc4cc3CPOc3cccc4ccccc34)c(CPOc3cccc4ccccc34)cc2c1. The molecule has 0 saturated heterocycles. The molecule has 0 saturated carbocycles. The van der Waals surface area contributed by atoms with Crippen LogP contribution in [0.15, 0.2) is 158 Å². The Balaban J connectivity index is 1.15. The lowest BCUT2D eigenvalue weighted by Crippen LogP contribution is -1.95. The summed E-state index contributed by atoms with van der Waals surface area (Å²) in [7, 11) is 0.581. The minimum Gasteiger partial charge on any atom is -0.476 e. The van der Waals surface area contributed by atoms with Crippen molar-refractivity contribution in [1.29, 1.82) is 0 Å². The van der Waals surface area contributed by atoms with Crippen molar-refractivity contribution in [2.75, 3.05) is 0 Å². The van der Waals surface area contributed by atoms with Crippen LogP contribution in [0.4, 0.5) is 0 Å². The molecule has 0 radical (unpaired) electrons. The molecule has 222 valence electrons. The number of hydrogen-bond donors (Lipinski definition) is 0. The molecule has 2 nitrogen and oxygen atoms in total. The van der Waals surface area contributed by atoms with Gasteiger partial charge in [0.1, 0.15) is 11.5 Å². The van der Waals surface area contributed by atoms with Gasteiger partial charge in [0.05, 0.1) is 17.6 Å². The molecule has 46 heavy (non-hydrogen) atoms. The van der Waals surface area contributed by atoms with Crippen molar-refractivity contribution in [3.05, 3.63) is 169 Å². The summed E-state index contributed by atoms with van der Waals surface area (Å²) in [6.45, 7) is 0. The van der Waals surface area contributed by atoms with Crippen molar-refractivity contribution < 1.29 is 9.05 Å². The van der Waals surface area contributed by atoms with Crippen LogP contribution in [0.5, 0.6) is 11.5 Å². The van der Waals surface area contributed by atoms with Crippen molar-refractivity contribution in [1.82, 2.24) is 0 Å². The first-order chi connectivity index (χ1) is 22.8. The molecule has 8 aromatic rings. The quantitative estimate of drug-likeness (QED) is 0.148. The zero-order valence-corrected chi connectivity index (χ0v) is 27.2. The predicted molar refractivity (Wildman–Crippen MR) is 200 cm³/mol. The first-order valence-corrected chi connectivity index (χ1v) is 17.8. The molecule has 8 aromatic carbocycles. The number of hydrogen-bond acceptors (Lipinski definition) is 2. The van der Waals surface area contributed by atoms with Gasteiger partial charge in [-0.05, 0) is 78.8 Å². The molecular weight excluding hydrogens is 598 g/mol. The van der Waals surface area contributed by atoms with Crippen LogP contribution in [0.2, 0.25) is 0 Å². The van der Waals surface area contributed by atoms with Gasteiger partial charge in [0, 0.05) is 23.1 Å². The topological polar surface area (TPSA) is 18.5 Å². The molecule has 4 heteroatoms.